The van der Waals surface area contributed by atoms with Crippen molar-refractivity contribution in [2.75, 3.05) is 5.32 Å². The summed E-state index contributed by atoms with van der Waals surface area (Å²) in [5.74, 6) is -0.777. The van der Waals surface area contributed by atoms with Gasteiger partial charge in [-0.1, -0.05) is 6.07 Å². The van der Waals surface area contributed by atoms with Crippen molar-refractivity contribution < 1.29 is 9.90 Å². The lowest BCUT2D eigenvalue weighted by molar-refractivity contribution is 0.102. The molecule has 0 radical (unpaired) electrons. The summed E-state index contributed by atoms with van der Waals surface area (Å²) in [7, 11) is 0. The Morgan fingerprint density at radius 1 is 1.33 bits per heavy atom. The van der Waals surface area contributed by atoms with E-state index in [-0.39, 0.29) is 16.7 Å². The first-order chi connectivity index (χ1) is 10.1. The van der Waals surface area contributed by atoms with Gasteiger partial charge in [0.1, 0.15) is 17.6 Å². The second kappa shape index (κ2) is 5.72. The molecule has 0 bridgehead atoms. The minimum absolute atomic E-state index is 0.0831. The van der Waals surface area contributed by atoms with Crippen LogP contribution in [0.4, 0.5) is 5.82 Å². The maximum absolute atomic E-state index is 12.2. The van der Waals surface area contributed by atoms with Crippen LogP contribution in [0.25, 0.3) is 0 Å². The van der Waals surface area contributed by atoms with Crippen LogP contribution in [0.2, 0.25) is 0 Å². The molecule has 2 rings (SSSR count). The van der Waals surface area contributed by atoms with Gasteiger partial charge < -0.3 is 10.4 Å². The number of rotatable bonds is 2. The smallest absolute Gasteiger partial charge is 0.260 e. The van der Waals surface area contributed by atoms with Gasteiger partial charge in [0.05, 0.1) is 22.8 Å². The van der Waals surface area contributed by atoms with E-state index < -0.39 is 11.7 Å². The highest BCUT2D eigenvalue weighted by Crippen LogP contribution is 2.28. The molecule has 0 aliphatic carbocycles. The Hall–Kier alpha value is -3.38. The molecule has 1 heterocycles. The number of nitriles is 2. The lowest BCUT2D eigenvalue weighted by Crippen LogP contribution is -2.14. The van der Waals surface area contributed by atoms with Crippen molar-refractivity contribution >= 4 is 11.7 Å². The molecule has 2 aromatic rings. The number of benzene rings is 1. The minimum atomic E-state index is -0.640. The third-order valence-electron chi connectivity index (χ3n) is 2.94. The molecule has 21 heavy (non-hydrogen) atoms. The first-order valence-corrected chi connectivity index (χ1v) is 5.97. The topological polar surface area (TPSA) is 110 Å². The third-order valence-corrected chi connectivity index (χ3v) is 2.94. The molecule has 1 aromatic carbocycles. The molecule has 0 spiro atoms. The molecular weight excluding hydrogens is 268 g/mol. The van der Waals surface area contributed by atoms with Crippen LogP contribution in [0.3, 0.4) is 0 Å². The van der Waals surface area contributed by atoms with E-state index in [9.17, 15) is 9.90 Å². The van der Waals surface area contributed by atoms with Gasteiger partial charge >= 0.3 is 0 Å². The average Bonchev–Trinajstić information content (AvgIpc) is 2.49. The van der Waals surface area contributed by atoms with E-state index in [2.05, 4.69) is 10.3 Å². The van der Waals surface area contributed by atoms with Crippen molar-refractivity contribution in [1.82, 2.24) is 4.98 Å². The van der Waals surface area contributed by atoms with Gasteiger partial charge in [0.2, 0.25) is 0 Å². The summed E-state index contributed by atoms with van der Waals surface area (Å²) >= 11 is 0. The van der Waals surface area contributed by atoms with Crippen LogP contribution in [-0.2, 0) is 0 Å². The van der Waals surface area contributed by atoms with Crippen molar-refractivity contribution in [1.29, 1.82) is 10.5 Å². The van der Waals surface area contributed by atoms with E-state index >= 15 is 0 Å². The van der Waals surface area contributed by atoms with Crippen molar-refractivity contribution in [2.24, 2.45) is 0 Å². The van der Waals surface area contributed by atoms with E-state index in [4.69, 9.17) is 10.5 Å². The maximum atomic E-state index is 12.2. The van der Waals surface area contributed by atoms with Gasteiger partial charge in [0.25, 0.3) is 5.91 Å². The van der Waals surface area contributed by atoms with E-state index in [1.165, 1.54) is 19.2 Å². The van der Waals surface area contributed by atoms with Crippen LogP contribution in [0.5, 0.6) is 5.75 Å². The first-order valence-electron chi connectivity index (χ1n) is 5.97. The third kappa shape index (κ3) is 2.65. The van der Waals surface area contributed by atoms with Gasteiger partial charge in [0.15, 0.2) is 0 Å². The highest BCUT2D eigenvalue weighted by atomic mass is 16.3. The molecule has 0 fully saturated rings. The van der Waals surface area contributed by atoms with Crippen molar-refractivity contribution in [2.45, 2.75) is 6.92 Å². The number of phenolic OH excluding ortho intramolecular Hbond substituents is 1. The summed E-state index contributed by atoms with van der Waals surface area (Å²) < 4.78 is 0. The van der Waals surface area contributed by atoms with Crippen molar-refractivity contribution in [3.8, 4) is 17.9 Å². The summed E-state index contributed by atoms with van der Waals surface area (Å²) in [4.78, 5) is 16.1. The number of hydrogen-bond donors (Lipinski definition) is 2. The Balaban J connectivity index is 2.47. The van der Waals surface area contributed by atoms with E-state index in [0.29, 0.717) is 11.4 Å². The number of aromatic nitrogens is 1. The molecule has 1 aromatic heterocycles. The van der Waals surface area contributed by atoms with E-state index in [1.807, 2.05) is 6.07 Å². The Bertz CT molecular complexity index is 786. The van der Waals surface area contributed by atoms with Crippen molar-refractivity contribution in [3.63, 3.8) is 0 Å². The van der Waals surface area contributed by atoms with Crippen molar-refractivity contribution in [3.05, 3.63) is 52.7 Å². The standard InChI is InChI=1S/C15H10N4O2/c1-9-10(7-16)6-11(14(20)12(9)8-17)15(21)19-13-4-2-3-5-18-13/h2-6,20H,1H3,(H,18,19,21). The molecule has 6 nitrogen and oxygen atoms in total. The minimum Gasteiger partial charge on any atom is -0.506 e. The number of pyridine rings is 1. The monoisotopic (exact) mass is 278 g/mol. The molecule has 0 unspecified atom stereocenters. The maximum Gasteiger partial charge on any atom is 0.260 e. The fourth-order valence-corrected chi connectivity index (χ4v) is 1.81. The molecule has 0 saturated carbocycles. The lowest BCUT2D eigenvalue weighted by Gasteiger charge is -2.10. The van der Waals surface area contributed by atoms with E-state index in [0.717, 1.165) is 0 Å². The summed E-state index contributed by atoms with van der Waals surface area (Å²) in [5.41, 5.74) is 0.280. The molecular formula is C15H10N4O2. The Morgan fingerprint density at radius 2 is 2.10 bits per heavy atom. The summed E-state index contributed by atoms with van der Waals surface area (Å²) in [6.07, 6.45) is 1.51. The van der Waals surface area contributed by atoms with Gasteiger partial charge in [-0.25, -0.2) is 4.98 Å². The van der Waals surface area contributed by atoms with E-state index in [1.54, 1.807) is 24.3 Å². The fourth-order valence-electron chi connectivity index (χ4n) is 1.81. The molecule has 0 aliphatic rings. The Kier molecular flexibility index (Phi) is 3.83. The Labute approximate surface area is 120 Å². The molecule has 0 saturated heterocycles. The zero-order chi connectivity index (χ0) is 15.4. The normalized spacial score (nSPS) is 9.48. The van der Waals surface area contributed by atoms with Gasteiger partial charge in [-0.3, -0.25) is 4.79 Å². The number of aromatic hydroxyl groups is 1. The number of phenols is 1. The Morgan fingerprint density at radius 3 is 2.67 bits per heavy atom. The van der Waals surface area contributed by atoms with Gasteiger partial charge in [-0.05, 0) is 30.7 Å². The molecule has 6 heteroatoms. The number of anilines is 1. The van der Waals surface area contributed by atoms with Gasteiger partial charge in [-0.2, -0.15) is 10.5 Å². The van der Waals surface area contributed by atoms with Gasteiger partial charge in [-0.15, -0.1) is 0 Å². The van der Waals surface area contributed by atoms with Crippen LogP contribution in [0.1, 0.15) is 27.0 Å². The summed E-state index contributed by atoms with van der Waals surface area (Å²) in [5, 5.41) is 30.6. The molecule has 0 atom stereocenters. The number of carbonyl (C=O) groups excluding carboxylic acids is 1. The fraction of sp³-hybridized carbons (Fsp3) is 0.0667. The zero-order valence-electron chi connectivity index (χ0n) is 11.1. The largest absolute Gasteiger partial charge is 0.506 e. The predicted molar refractivity (Wildman–Crippen MR) is 74.5 cm³/mol. The molecule has 0 aliphatic heterocycles. The van der Waals surface area contributed by atoms with Crippen LogP contribution in [-0.4, -0.2) is 16.0 Å². The number of hydrogen-bond acceptors (Lipinski definition) is 5. The number of nitrogens with zero attached hydrogens (tertiary/aromatic N) is 3. The first kappa shape index (κ1) is 14.0. The SMILES string of the molecule is Cc1c(C#N)cc(C(=O)Nc2ccccn2)c(O)c1C#N. The van der Waals surface area contributed by atoms with Crippen LogP contribution < -0.4 is 5.32 Å². The average molecular weight is 278 g/mol. The number of nitrogens with one attached hydrogen (secondary N) is 1. The number of amides is 1. The molecule has 1 amide bonds. The summed E-state index contributed by atoms with van der Waals surface area (Å²) in [6.45, 7) is 1.54. The van der Waals surface area contributed by atoms with Crippen LogP contribution in [0, 0.1) is 29.6 Å². The summed E-state index contributed by atoms with van der Waals surface area (Å²) in [6, 6.07) is 9.92. The van der Waals surface area contributed by atoms with Gasteiger partial charge in [0, 0.05) is 6.20 Å². The van der Waals surface area contributed by atoms with Crippen LogP contribution >= 0.6 is 0 Å². The lowest BCUT2D eigenvalue weighted by atomic mass is 9.98. The van der Waals surface area contributed by atoms with Crippen LogP contribution in [0.15, 0.2) is 30.5 Å². The predicted octanol–water partition coefficient (Wildman–Crippen LogP) is 2.09. The number of carbonyl (C=O) groups is 1. The highest BCUT2D eigenvalue weighted by Gasteiger charge is 2.20. The molecule has 102 valence electrons. The zero-order valence-corrected chi connectivity index (χ0v) is 11.1. The second-order valence-corrected chi connectivity index (χ2v) is 4.21. The second-order valence-electron chi connectivity index (χ2n) is 4.21. The highest BCUT2D eigenvalue weighted by molar-refractivity contribution is 6.06. The quantitative estimate of drug-likeness (QED) is 0.874. The molecule has 2 N–H and O–H groups in total.